The first-order valence-corrected chi connectivity index (χ1v) is 7.29. The van der Waals surface area contributed by atoms with Crippen molar-refractivity contribution in [3.05, 3.63) is 22.6 Å². The van der Waals surface area contributed by atoms with E-state index in [0.29, 0.717) is 17.0 Å². The molecule has 1 aliphatic rings. The van der Waals surface area contributed by atoms with E-state index in [4.69, 9.17) is 16.2 Å². The van der Waals surface area contributed by atoms with E-state index in [-0.39, 0.29) is 6.04 Å². The highest BCUT2D eigenvalue weighted by Crippen LogP contribution is 2.14. The summed E-state index contributed by atoms with van der Waals surface area (Å²) in [6, 6.07) is 0.0436. The van der Waals surface area contributed by atoms with Gasteiger partial charge in [-0.1, -0.05) is 0 Å². The van der Waals surface area contributed by atoms with Crippen molar-refractivity contribution in [2.45, 2.75) is 38.8 Å². The Hall–Kier alpha value is -1.37. The van der Waals surface area contributed by atoms with E-state index in [0.717, 1.165) is 13.0 Å². The maximum Gasteiger partial charge on any atom is 0.407 e. The second-order valence-corrected chi connectivity index (χ2v) is 6.64. The van der Waals surface area contributed by atoms with Crippen LogP contribution in [0.2, 0.25) is 0 Å². The Labute approximate surface area is 128 Å². The second-order valence-electron chi connectivity index (χ2n) is 5.72. The highest BCUT2D eigenvalue weighted by Gasteiger charge is 2.26. The van der Waals surface area contributed by atoms with Gasteiger partial charge in [-0.3, -0.25) is 0 Å². The minimum atomic E-state index is -0.487. The van der Waals surface area contributed by atoms with Crippen LogP contribution in [-0.4, -0.2) is 35.7 Å². The SMILES string of the molecule is CC(C)(C)OC(=O)N[C@@H]1CCN(/C(N)=C/C=C(\N)Br)C1. The summed E-state index contributed by atoms with van der Waals surface area (Å²) >= 11 is 3.13. The lowest BCUT2D eigenvalue weighted by Crippen LogP contribution is -2.40. The Morgan fingerprint density at radius 1 is 1.40 bits per heavy atom. The summed E-state index contributed by atoms with van der Waals surface area (Å²) in [5.41, 5.74) is 10.9. The van der Waals surface area contributed by atoms with Crippen LogP contribution in [0.25, 0.3) is 0 Å². The van der Waals surface area contributed by atoms with Crippen LogP contribution >= 0.6 is 15.9 Å². The van der Waals surface area contributed by atoms with Gasteiger partial charge in [-0.25, -0.2) is 4.79 Å². The second kappa shape index (κ2) is 6.88. The Balaban J connectivity index is 2.46. The van der Waals surface area contributed by atoms with Crippen LogP contribution in [0.5, 0.6) is 0 Å². The predicted octanol–water partition coefficient (Wildman–Crippen LogP) is 1.58. The predicted molar refractivity (Wildman–Crippen MR) is 82.8 cm³/mol. The first kappa shape index (κ1) is 16.7. The van der Waals surface area contributed by atoms with Gasteiger partial charge in [0.2, 0.25) is 0 Å². The fourth-order valence-electron chi connectivity index (χ4n) is 1.86. The molecule has 6 nitrogen and oxygen atoms in total. The van der Waals surface area contributed by atoms with Crippen LogP contribution in [-0.2, 0) is 4.74 Å². The van der Waals surface area contributed by atoms with E-state index in [1.54, 1.807) is 12.2 Å². The summed E-state index contributed by atoms with van der Waals surface area (Å²) in [5.74, 6) is 0.626. The van der Waals surface area contributed by atoms with Crippen LogP contribution < -0.4 is 16.8 Å². The van der Waals surface area contributed by atoms with Gasteiger partial charge in [0.05, 0.1) is 16.5 Å². The first-order valence-electron chi connectivity index (χ1n) is 6.50. The first-order chi connectivity index (χ1) is 9.17. The van der Waals surface area contributed by atoms with Crippen molar-refractivity contribution in [3.63, 3.8) is 0 Å². The monoisotopic (exact) mass is 346 g/mol. The molecule has 1 fully saturated rings. The van der Waals surface area contributed by atoms with Gasteiger partial charge in [-0.15, -0.1) is 0 Å². The van der Waals surface area contributed by atoms with Crippen LogP contribution in [0.15, 0.2) is 22.6 Å². The lowest BCUT2D eigenvalue weighted by Gasteiger charge is -2.22. The average Bonchev–Trinajstić information content (AvgIpc) is 2.71. The van der Waals surface area contributed by atoms with Gasteiger partial charge in [0.25, 0.3) is 0 Å². The van der Waals surface area contributed by atoms with E-state index < -0.39 is 11.7 Å². The van der Waals surface area contributed by atoms with Crippen molar-refractivity contribution in [2.24, 2.45) is 11.5 Å². The summed E-state index contributed by atoms with van der Waals surface area (Å²) in [6.07, 6.45) is 3.86. The van der Waals surface area contributed by atoms with Crippen LogP contribution in [0.4, 0.5) is 4.79 Å². The number of hydrogen-bond acceptors (Lipinski definition) is 5. The molecule has 0 saturated carbocycles. The molecular formula is C13H23BrN4O2. The standard InChI is InChI=1S/C13H23BrN4O2/c1-13(2,3)20-12(19)17-9-6-7-18(8-9)11(16)5-4-10(14)15/h4-5,9H,6-8,15-16H2,1-3H3,(H,17,19)/b10-4-,11-5+/t9-/m1/s1. The van der Waals surface area contributed by atoms with Crippen molar-refractivity contribution in [3.8, 4) is 0 Å². The lowest BCUT2D eigenvalue weighted by atomic mass is 10.2. The molecule has 1 rings (SSSR count). The summed E-state index contributed by atoms with van der Waals surface area (Å²) in [6.45, 7) is 6.97. The summed E-state index contributed by atoms with van der Waals surface area (Å²) in [4.78, 5) is 13.7. The zero-order valence-electron chi connectivity index (χ0n) is 12.1. The van der Waals surface area contributed by atoms with Gasteiger partial charge in [-0.05, 0) is 55.3 Å². The molecule has 1 amide bonds. The van der Waals surface area contributed by atoms with Gasteiger partial charge in [-0.2, -0.15) is 0 Å². The molecular weight excluding hydrogens is 324 g/mol. The average molecular weight is 347 g/mol. The molecule has 0 aromatic carbocycles. The number of ether oxygens (including phenoxy) is 1. The van der Waals surface area contributed by atoms with E-state index in [1.165, 1.54) is 0 Å². The van der Waals surface area contributed by atoms with Gasteiger partial charge in [0, 0.05) is 13.1 Å². The molecule has 0 radical (unpaired) electrons. The number of halogens is 1. The molecule has 0 bridgehead atoms. The highest BCUT2D eigenvalue weighted by atomic mass is 79.9. The molecule has 1 aliphatic heterocycles. The number of carbonyl (C=O) groups is 1. The Morgan fingerprint density at radius 2 is 2.05 bits per heavy atom. The Morgan fingerprint density at radius 3 is 2.60 bits per heavy atom. The third-order valence-electron chi connectivity index (χ3n) is 2.69. The normalized spacial score (nSPS) is 21.0. The molecule has 1 heterocycles. The van der Waals surface area contributed by atoms with Crippen LogP contribution in [0.3, 0.4) is 0 Å². The highest BCUT2D eigenvalue weighted by molar-refractivity contribution is 9.11. The molecule has 0 unspecified atom stereocenters. The number of likely N-dealkylation sites (tertiary alicyclic amines) is 1. The summed E-state index contributed by atoms with van der Waals surface area (Å²) in [5, 5.41) is 2.85. The Kier molecular flexibility index (Phi) is 5.74. The fourth-order valence-corrected chi connectivity index (χ4v) is 1.99. The minimum Gasteiger partial charge on any atom is -0.444 e. The molecule has 0 spiro atoms. The molecule has 7 heteroatoms. The van der Waals surface area contributed by atoms with E-state index in [1.807, 2.05) is 25.7 Å². The third kappa shape index (κ3) is 6.18. The summed E-state index contributed by atoms with van der Waals surface area (Å²) < 4.78 is 5.74. The smallest absolute Gasteiger partial charge is 0.407 e. The van der Waals surface area contributed by atoms with Crippen molar-refractivity contribution in [2.75, 3.05) is 13.1 Å². The van der Waals surface area contributed by atoms with Crippen molar-refractivity contribution < 1.29 is 9.53 Å². The molecule has 0 aliphatic carbocycles. The molecule has 0 aromatic heterocycles. The zero-order chi connectivity index (χ0) is 15.3. The number of allylic oxidation sites excluding steroid dienone is 2. The van der Waals surface area contributed by atoms with Crippen LogP contribution in [0, 0.1) is 0 Å². The fraction of sp³-hybridized carbons (Fsp3) is 0.615. The summed E-state index contributed by atoms with van der Waals surface area (Å²) in [7, 11) is 0. The van der Waals surface area contributed by atoms with Gasteiger partial charge in [0.1, 0.15) is 5.60 Å². The third-order valence-corrected chi connectivity index (χ3v) is 2.95. The van der Waals surface area contributed by atoms with E-state index in [2.05, 4.69) is 21.2 Å². The maximum absolute atomic E-state index is 11.7. The number of amides is 1. The number of hydrogen-bond donors (Lipinski definition) is 3. The van der Waals surface area contributed by atoms with Crippen molar-refractivity contribution >= 4 is 22.0 Å². The number of carbonyl (C=O) groups excluding carboxylic acids is 1. The van der Waals surface area contributed by atoms with E-state index >= 15 is 0 Å². The zero-order valence-corrected chi connectivity index (χ0v) is 13.7. The number of nitrogens with one attached hydrogen (secondary N) is 1. The van der Waals surface area contributed by atoms with Gasteiger partial charge < -0.3 is 26.4 Å². The number of rotatable bonds is 3. The number of nitrogens with two attached hydrogens (primary N) is 2. The molecule has 1 saturated heterocycles. The number of nitrogens with zero attached hydrogens (tertiary/aromatic N) is 1. The molecule has 0 aromatic rings. The molecule has 5 N–H and O–H groups in total. The Bertz CT molecular complexity index is 411. The van der Waals surface area contributed by atoms with Gasteiger partial charge in [0.15, 0.2) is 0 Å². The largest absolute Gasteiger partial charge is 0.444 e. The topological polar surface area (TPSA) is 93.6 Å². The quantitative estimate of drug-likeness (QED) is 0.532. The van der Waals surface area contributed by atoms with Crippen molar-refractivity contribution in [1.29, 1.82) is 0 Å². The number of alkyl carbamates (subject to hydrolysis) is 1. The minimum absolute atomic E-state index is 0.0436. The molecule has 1 atom stereocenters. The van der Waals surface area contributed by atoms with Crippen molar-refractivity contribution in [1.82, 2.24) is 10.2 Å². The molecule has 114 valence electrons. The lowest BCUT2D eigenvalue weighted by molar-refractivity contribution is 0.0506. The van der Waals surface area contributed by atoms with Crippen LogP contribution in [0.1, 0.15) is 27.2 Å². The maximum atomic E-state index is 11.7. The van der Waals surface area contributed by atoms with Gasteiger partial charge >= 0.3 is 6.09 Å². The van der Waals surface area contributed by atoms with E-state index in [9.17, 15) is 4.79 Å². The molecule has 20 heavy (non-hydrogen) atoms.